The standard InChI is InChI=1S/C17H22N4O3/c1-10-8-11(2)20-15(19-10)9-18-17(24)21-12(3)16(23)13-4-6-14(22)7-5-13/h4-8,12,16,22-23H,9H2,1-3H3,(H2,18,21,24)/t12-,16-/m1/s1. The Balaban J connectivity index is 1.88. The molecule has 7 heteroatoms. The first-order valence-corrected chi connectivity index (χ1v) is 7.67. The predicted molar refractivity (Wildman–Crippen MR) is 89.4 cm³/mol. The van der Waals surface area contributed by atoms with Crippen molar-refractivity contribution in [2.75, 3.05) is 0 Å². The average Bonchev–Trinajstić information content (AvgIpc) is 2.52. The van der Waals surface area contributed by atoms with Gasteiger partial charge in [-0.15, -0.1) is 0 Å². The topological polar surface area (TPSA) is 107 Å². The number of carbonyl (C=O) groups is 1. The molecule has 7 nitrogen and oxygen atoms in total. The highest BCUT2D eigenvalue weighted by Gasteiger charge is 2.18. The number of benzene rings is 1. The first kappa shape index (κ1) is 17.7. The Hall–Kier alpha value is -2.67. The highest BCUT2D eigenvalue weighted by molar-refractivity contribution is 5.74. The smallest absolute Gasteiger partial charge is 0.315 e. The van der Waals surface area contributed by atoms with E-state index in [0.717, 1.165) is 11.4 Å². The van der Waals surface area contributed by atoms with Crippen LogP contribution in [-0.4, -0.2) is 32.3 Å². The summed E-state index contributed by atoms with van der Waals surface area (Å²) in [5, 5.41) is 24.9. The van der Waals surface area contributed by atoms with E-state index in [9.17, 15) is 15.0 Å². The summed E-state index contributed by atoms with van der Waals surface area (Å²) in [6.07, 6.45) is -0.881. The van der Waals surface area contributed by atoms with E-state index in [0.29, 0.717) is 11.4 Å². The molecule has 1 aromatic carbocycles. The fourth-order valence-corrected chi connectivity index (χ4v) is 2.33. The van der Waals surface area contributed by atoms with Crippen molar-refractivity contribution >= 4 is 6.03 Å². The van der Waals surface area contributed by atoms with Crippen molar-refractivity contribution < 1.29 is 15.0 Å². The Morgan fingerprint density at radius 3 is 2.33 bits per heavy atom. The second-order valence-corrected chi connectivity index (χ2v) is 5.72. The van der Waals surface area contributed by atoms with E-state index in [4.69, 9.17) is 0 Å². The van der Waals surface area contributed by atoms with Crippen molar-refractivity contribution in [3.8, 4) is 5.75 Å². The van der Waals surface area contributed by atoms with Crippen molar-refractivity contribution in [1.29, 1.82) is 0 Å². The van der Waals surface area contributed by atoms with E-state index >= 15 is 0 Å². The van der Waals surface area contributed by atoms with Gasteiger partial charge in [-0.3, -0.25) is 0 Å². The van der Waals surface area contributed by atoms with E-state index in [-0.39, 0.29) is 12.3 Å². The molecule has 0 saturated heterocycles. The second kappa shape index (κ2) is 7.74. The number of urea groups is 1. The summed E-state index contributed by atoms with van der Waals surface area (Å²) in [6, 6.07) is 7.14. The number of hydrogen-bond acceptors (Lipinski definition) is 5. The number of aromatic nitrogens is 2. The van der Waals surface area contributed by atoms with Gasteiger partial charge >= 0.3 is 6.03 Å². The van der Waals surface area contributed by atoms with E-state index in [1.165, 1.54) is 12.1 Å². The zero-order chi connectivity index (χ0) is 17.7. The number of hydrogen-bond donors (Lipinski definition) is 4. The van der Waals surface area contributed by atoms with Gasteiger partial charge in [0.25, 0.3) is 0 Å². The predicted octanol–water partition coefficient (Wildman–Crippen LogP) is 1.72. The third-order valence-electron chi connectivity index (χ3n) is 3.50. The molecule has 0 fully saturated rings. The largest absolute Gasteiger partial charge is 0.508 e. The van der Waals surface area contributed by atoms with Gasteiger partial charge in [-0.25, -0.2) is 14.8 Å². The summed E-state index contributed by atoms with van der Waals surface area (Å²) in [5.41, 5.74) is 2.30. The molecule has 2 atom stereocenters. The fourth-order valence-electron chi connectivity index (χ4n) is 2.33. The van der Waals surface area contributed by atoms with Crippen LogP contribution >= 0.6 is 0 Å². The normalized spacial score (nSPS) is 13.2. The molecule has 0 aliphatic rings. The molecule has 0 saturated carbocycles. The van der Waals surface area contributed by atoms with Crippen LogP contribution in [0, 0.1) is 13.8 Å². The molecule has 0 aliphatic heterocycles. The van der Waals surface area contributed by atoms with Crippen molar-refractivity contribution in [3.63, 3.8) is 0 Å². The quantitative estimate of drug-likeness (QED) is 0.668. The van der Waals surface area contributed by atoms with Gasteiger partial charge < -0.3 is 20.8 Å². The van der Waals surface area contributed by atoms with Crippen LogP contribution in [-0.2, 0) is 6.54 Å². The van der Waals surface area contributed by atoms with Crippen LogP contribution in [0.25, 0.3) is 0 Å². The first-order chi connectivity index (χ1) is 11.3. The summed E-state index contributed by atoms with van der Waals surface area (Å²) < 4.78 is 0. The van der Waals surface area contributed by atoms with Gasteiger partial charge in [0, 0.05) is 11.4 Å². The summed E-state index contributed by atoms with van der Waals surface area (Å²) in [5.74, 6) is 0.659. The number of aromatic hydroxyl groups is 1. The van der Waals surface area contributed by atoms with Crippen molar-refractivity contribution in [2.45, 2.75) is 39.5 Å². The van der Waals surface area contributed by atoms with Gasteiger partial charge in [0.2, 0.25) is 0 Å². The molecule has 2 amide bonds. The van der Waals surface area contributed by atoms with Crippen LogP contribution in [0.1, 0.15) is 35.8 Å². The fraction of sp³-hybridized carbons (Fsp3) is 0.353. The summed E-state index contributed by atoms with van der Waals surface area (Å²) in [7, 11) is 0. The maximum absolute atomic E-state index is 12.0. The minimum atomic E-state index is -0.881. The molecule has 1 aromatic heterocycles. The molecule has 0 radical (unpaired) electrons. The van der Waals surface area contributed by atoms with Crippen molar-refractivity contribution in [2.24, 2.45) is 0 Å². The van der Waals surface area contributed by atoms with Gasteiger partial charge in [-0.05, 0) is 44.5 Å². The van der Waals surface area contributed by atoms with Crippen LogP contribution < -0.4 is 10.6 Å². The zero-order valence-electron chi connectivity index (χ0n) is 13.9. The number of nitrogens with zero attached hydrogens (tertiary/aromatic N) is 2. The number of aliphatic hydroxyl groups excluding tert-OH is 1. The average molecular weight is 330 g/mol. The molecule has 0 aliphatic carbocycles. The number of amides is 2. The third kappa shape index (κ3) is 4.92. The molecule has 24 heavy (non-hydrogen) atoms. The van der Waals surface area contributed by atoms with Crippen LogP contribution in [0.3, 0.4) is 0 Å². The van der Waals surface area contributed by atoms with Gasteiger partial charge in [0.05, 0.1) is 18.7 Å². The lowest BCUT2D eigenvalue weighted by Crippen LogP contribution is -2.43. The van der Waals surface area contributed by atoms with Crippen molar-refractivity contribution in [3.05, 3.63) is 53.1 Å². The number of phenolic OH excluding ortho intramolecular Hbond substituents is 1. The number of phenols is 1. The van der Waals surface area contributed by atoms with Crippen LogP contribution in [0.15, 0.2) is 30.3 Å². The Labute approximate surface area is 140 Å². The van der Waals surface area contributed by atoms with E-state index < -0.39 is 18.2 Å². The maximum atomic E-state index is 12.0. The lowest BCUT2D eigenvalue weighted by atomic mass is 10.0. The van der Waals surface area contributed by atoms with E-state index in [1.807, 2.05) is 19.9 Å². The Morgan fingerprint density at radius 2 is 1.75 bits per heavy atom. The molecule has 2 rings (SSSR count). The zero-order valence-corrected chi connectivity index (χ0v) is 13.9. The number of rotatable bonds is 5. The maximum Gasteiger partial charge on any atom is 0.315 e. The van der Waals surface area contributed by atoms with Crippen LogP contribution in [0.2, 0.25) is 0 Å². The Bertz CT molecular complexity index is 683. The van der Waals surface area contributed by atoms with Gasteiger partial charge in [0.15, 0.2) is 0 Å². The summed E-state index contributed by atoms with van der Waals surface area (Å²) in [6.45, 7) is 5.64. The number of carbonyl (C=O) groups excluding carboxylic acids is 1. The molecule has 4 N–H and O–H groups in total. The van der Waals surface area contributed by atoms with Gasteiger partial charge in [-0.1, -0.05) is 12.1 Å². The summed E-state index contributed by atoms with van der Waals surface area (Å²) in [4.78, 5) is 20.5. The number of aliphatic hydroxyl groups is 1. The molecule has 0 unspecified atom stereocenters. The van der Waals surface area contributed by atoms with E-state index in [2.05, 4.69) is 20.6 Å². The van der Waals surface area contributed by atoms with Crippen LogP contribution in [0.5, 0.6) is 5.75 Å². The van der Waals surface area contributed by atoms with E-state index in [1.54, 1.807) is 19.1 Å². The lowest BCUT2D eigenvalue weighted by molar-refractivity contribution is 0.137. The lowest BCUT2D eigenvalue weighted by Gasteiger charge is -2.21. The molecular weight excluding hydrogens is 308 g/mol. The number of nitrogens with one attached hydrogen (secondary N) is 2. The summed E-state index contributed by atoms with van der Waals surface area (Å²) >= 11 is 0. The van der Waals surface area contributed by atoms with Crippen molar-refractivity contribution in [1.82, 2.24) is 20.6 Å². The third-order valence-corrected chi connectivity index (χ3v) is 3.50. The van der Waals surface area contributed by atoms with Gasteiger partial charge in [-0.2, -0.15) is 0 Å². The molecular formula is C17H22N4O3. The second-order valence-electron chi connectivity index (χ2n) is 5.72. The Morgan fingerprint density at radius 1 is 1.17 bits per heavy atom. The van der Waals surface area contributed by atoms with Crippen LogP contribution in [0.4, 0.5) is 4.79 Å². The SMILES string of the molecule is Cc1cc(C)nc(CNC(=O)N[C@H](C)[C@@H](O)c2ccc(O)cc2)n1. The molecule has 128 valence electrons. The molecule has 0 bridgehead atoms. The molecule has 0 spiro atoms. The minimum Gasteiger partial charge on any atom is -0.508 e. The van der Waals surface area contributed by atoms with Gasteiger partial charge in [0.1, 0.15) is 11.6 Å². The first-order valence-electron chi connectivity index (χ1n) is 7.67. The number of aryl methyl sites for hydroxylation is 2. The molecule has 1 heterocycles. The minimum absolute atomic E-state index is 0.123. The monoisotopic (exact) mass is 330 g/mol. The molecule has 2 aromatic rings. The highest BCUT2D eigenvalue weighted by Crippen LogP contribution is 2.19. The highest BCUT2D eigenvalue weighted by atomic mass is 16.3. The Kier molecular flexibility index (Phi) is 5.70.